The maximum atomic E-state index is 12.5. The van der Waals surface area contributed by atoms with E-state index in [0.29, 0.717) is 38.6 Å². The number of oxime groups is 1. The van der Waals surface area contributed by atoms with Crippen molar-refractivity contribution in [1.29, 1.82) is 0 Å². The van der Waals surface area contributed by atoms with E-state index in [1.807, 2.05) is 44.6 Å². The van der Waals surface area contributed by atoms with Gasteiger partial charge in [0.15, 0.2) is 5.65 Å². The summed E-state index contributed by atoms with van der Waals surface area (Å²) < 4.78 is 31.2. The molecule has 5 rings (SSSR count). The topological polar surface area (TPSA) is 125 Å². The van der Waals surface area contributed by atoms with Crippen LogP contribution in [-0.4, -0.2) is 63.6 Å². The summed E-state index contributed by atoms with van der Waals surface area (Å²) in [6, 6.07) is 2.06. The van der Waals surface area contributed by atoms with Gasteiger partial charge < -0.3 is 14.9 Å². The van der Waals surface area contributed by atoms with Gasteiger partial charge in [0.2, 0.25) is 0 Å². The molecule has 11 heteroatoms. The minimum Gasteiger partial charge on any atom is -0.460 e. The Kier molecular flexibility index (Phi) is 6.70. The van der Waals surface area contributed by atoms with E-state index < -0.39 is 21.0 Å². The quantitative estimate of drug-likeness (QED) is 0.577. The molecule has 2 fully saturated rings. The first-order chi connectivity index (χ1) is 17.5. The molecular weight excluding hydrogens is 494 g/mol. The van der Waals surface area contributed by atoms with Crippen molar-refractivity contribution in [2.24, 2.45) is 11.1 Å². The Morgan fingerprint density at radius 2 is 1.92 bits per heavy atom. The van der Waals surface area contributed by atoms with Crippen LogP contribution >= 0.6 is 0 Å². The van der Waals surface area contributed by atoms with Gasteiger partial charge in [-0.3, -0.25) is 4.79 Å². The van der Waals surface area contributed by atoms with E-state index in [0.717, 1.165) is 41.0 Å². The summed E-state index contributed by atoms with van der Waals surface area (Å²) in [7, 11) is -2.94. The number of ether oxygens (including phenoxy) is 1. The van der Waals surface area contributed by atoms with Crippen molar-refractivity contribution in [2.75, 3.05) is 16.8 Å². The molecule has 10 nitrogen and oxygen atoms in total. The third-order valence-electron chi connectivity index (χ3n) is 7.59. The Morgan fingerprint density at radius 1 is 1.22 bits per heavy atom. The number of carbonyl (C=O) groups is 1. The molecule has 0 amide bonds. The number of esters is 1. The van der Waals surface area contributed by atoms with E-state index in [2.05, 4.69) is 15.6 Å². The maximum absolute atomic E-state index is 12.5. The number of carbonyl (C=O) groups excluding carboxylic acids is 1. The van der Waals surface area contributed by atoms with Gasteiger partial charge in [0, 0.05) is 24.7 Å². The molecule has 4 heterocycles. The van der Waals surface area contributed by atoms with E-state index in [9.17, 15) is 13.2 Å². The van der Waals surface area contributed by atoms with Crippen LogP contribution in [0.5, 0.6) is 0 Å². The average Bonchev–Trinajstić information content (AvgIpc) is 3.44. The summed E-state index contributed by atoms with van der Waals surface area (Å²) in [6.45, 7) is 8.38. The lowest BCUT2D eigenvalue weighted by atomic mass is 9.76. The van der Waals surface area contributed by atoms with Crippen molar-refractivity contribution in [2.45, 2.75) is 96.4 Å². The van der Waals surface area contributed by atoms with Gasteiger partial charge in [0.25, 0.3) is 0 Å². The normalized spacial score (nSPS) is 22.1. The fraction of sp³-hybridized carbons (Fsp3) is 0.692. The number of hydrogen-bond donors (Lipinski definition) is 1. The van der Waals surface area contributed by atoms with Crippen LogP contribution in [0.4, 0.5) is 5.69 Å². The smallest absolute Gasteiger partial charge is 0.309 e. The second-order valence-corrected chi connectivity index (χ2v) is 13.9. The summed E-state index contributed by atoms with van der Waals surface area (Å²) in [5, 5.41) is 13.4. The SMILES string of the molecule is CCn1ncc2c(NC3CCS(=O)(=O)CC3)cc(C3=NOC4(CCC(C(=O)OC(C)(C)C)CC4)C3)nc21. The molecule has 0 radical (unpaired) electrons. The molecule has 0 unspecified atom stereocenters. The van der Waals surface area contributed by atoms with Crippen LogP contribution in [0.25, 0.3) is 11.0 Å². The van der Waals surface area contributed by atoms with Crippen molar-refractivity contribution in [1.82, 2.24) is 14.8 Å². The van der Waals surface area contributed by atoms with Crippen LogP contribution in [-0.2, 0) is 30.8 Å². The number of nitrogens with zero attached hydrogens (tertiary/aromatic N) is 4. The van der Waals surface area contributed by atoms with Crippen molar-refractivity contribution in [3.8, 4) is 0 Å². The van der Waals surface area contributed by atoms with Gasteiger partial charge in [-0.2, -0.15) is 5.10 Å². The van der Waals surface area contributed by atoms with E-state index in [1.165, 1.54) is 0 Å². The standard InChI is InChI=1S/C26H37N5O5S/c1-5-31-23-19(16-27-31)20(28-18-8-12-37(33,34)13-9-18)14-21(29-23)22-15-26(36-30-22)10-6-17(7-11-26)24(32)35-25(2,3)4/h14,16-18H,5-13,15H2,1-4H3,(H,28,29). The highest BCUT2D eigenvalue weighted by molar-refractivity contribution is 7.91. The number of sulfone groups is 1. The second kappa shape index (κ2) is 9.56. The Hall–Kier alpha value is -2.69. The van der Waals surface area contributed by atoms with Gasteiger partial charge in [0.05, 0.1) is 34.7 Å². The number of aryl methyl sites for hydroxylation is 1. The monoisotopic (exact) mass is 531 g/mol. The van der Waals surface area contributed by atoms with Crippen LogP contribution < -0.4 is 5.32 Å². The van der Waals surface area contributed by atoms with Crippen LogP contribution in [0.1, 0.15) is 78.3 Å². The first-order valence-corrected chi connectivity index (χ1v) is 15.1. The summed E-state index contributed by atoms with van der Waals surface area (Å²) in [6.07, 6.45) is 6.50. The number of fused-ring (bicyclic) bond motifs is 1. The highest BCUT2D eigenvalue weighted by Gasteiger charge is 2.45. The van der Waals surface area contributed by atoms with Gasteiger partial charge in [-0.25, -0.2) is 18.1 Å². The van der Waals surface area contributed by atoms with Gasteiger partial charge in [-0.1, -0.05) is 5.16 Å². The molecule has 2 aromatic heterocycles. The molecule has 1 saturated heterocycles. The molecule has 2 aromatic rings. The highest BCUT2D eigenvalue weighted by atomic mass is 32.2. The molecule has 1 aliphatic carbocycles. The first kappa shape index (κ1) is 25.9. The number of pyridine rings is 1. The van der Waals surface area contributed by atoms with Gasteiger partial charge in [0.1, 0.15) is 26.8 Å². The Morgan fingerprint density at radius 3 is 2.57 bits per heavy atom. The largest absolute Gasteiger partial charge is 0.460 e. The zero-order valence-electron chi connectivity index (χ0n) is 22.1. The lowest BCUT2D eigenvalue weighted by Gasteiger charge is -2.34. The predicted molar refractivity (Wildman–Crippen MR) is 141 cm³/mol. The number of hydrogen-bond acceptors (Lipinski definition) is 9. The number of nitrogens with one attached hydrogen (secondary N) is 1. The summed E-state index contributed by atoms with van der Waals surface area (Å²) in [5.41, 5.74) is 2.28. The molecule has 3 aliphatic rings. The number of rotatable bonds is 5. The lowest BCUT2D eigenvalue weighted by Crippen LogP contribution is -2.38. The molecule has 0 atom stereocenters. The van der Waals surface area contributed by atoms with Gasteiger partial charge >= 0.3 is 5.97 Å². The fourth-order valence-corrected chi connectivity index (χ4v) is 6.98. The predicted octanol–water partition coefficient (Wildman–Crippen LogP) is 3.84. The number of anilines is 1. The first-order valence-electron chi connectivity index (χ1n) is 13.3. The van der Waals surface area contributed by atoms with E-state index in [1.54, 1.807) is 0 Å². The highest BCUT2D eigenvalue weighted by Crippen LogP contribution is 2.42. The molecule has 1 spiro atoms. The maximum Gasteiger partial charge on any atom is 0.309 e. The molecule has 202 valence electrons. The third kappa shape index (κ3) is 5.61. The summed E-state index contributed by atoms with van der Waals surface area (Å²) in [4.78, 5) is 23.5. The Bertz CT molecular complexity index is 1300. The van der Waals surface area contributed by atoms with Crippen molar-refractivity contribution in [3.05, 3.63) is 18.0 Å². The van der Waals surface area contributed by atoms with Crippen molar-refractivity contribution < 1.29 is 22.8 Å². The zero-order valence-corrected chi connectivity index (χ0v) is 22.9. The fourth-order valence-electron chi connectivity index (χ4n) is 5.49. The molecule has 0 bridgehead atoms. The molecule has 0 aromatic carbocycles. The molecule has 1 N–H and O–H groups in total. The molecule has 1 saturated carbocycles. The molecule has 2 aliphatic heterocycles. The van der Waals surface area contributed by atoms with E-state index in [4.69, 9.17) is 14.6 Å². The molecular formula is C26H37N5O5S. The number of aromatic nitrogens is 3. The molecule has 37 heavy (non-hydrogen) atoms. The van der Waals surface area contributed by atoms with Crippen LogP contribution in [0.3, 0.4) is 0 Å². The van der Waals surface area contributed by atoms with Gasteiger partial charge in [-0.05, 0) is 72.3 Å². The minimum atomic E-state index is -2.94. The van der Waals surface area contributed by atoms with Gasteiger partial charge in [-0.15, -0.1) is 0 Å². The van der Waals surface area contributed by atoms with E-state index in [-0.39, 0.29) is 29.4 Å². The van der Waals surface area contributed by atoms with Crippen molar-refractivity contribution >= 4 is 38.2 Å². The van der Waals surface area contributed by atoms with Crippen molar-refractivity contribution in [3.63, 3.8) is 0 Å². The zero-order chi connectivity index (χ0) is 26.4. The van der Waals surface area contributed by atoms with Crippen LogP contribution in [0.2, 0.25) is 0 Å². The lowest BCUT2D eigenvalue weighted by molar-refractivity contribution is -0.163. The summed E-state index contributed by atoms with van der Waals surface area (Å²) >= 11 is 0. The van der Waals surface area contributed by atoms with Crippen LogP contribution in [0.15, 0.2) is 17.4 Å². The second-order valence-electron chi connectivity index (χ2n) is 11.6. The third-order valence-corrected chi connectivity index (χ3v) is 9.31. The summed E-state index contributed by atoms with van der Waals surface area (Å²) in [5.74, 6) is 0.161. The Labute approximate surface area is 218 Å². The Balaban J connectivity index is 1.32. The average molecular weight is 532 g/mol. The van der Waals surface area contributed by atoms with E-state index >= 15 is 0 Å². The minimum absolute atomic E-state index is 0.0724. The van der Waals surface area contributed by atoms with Crippen LogP contribution in [0, 0.1) is 5.92 Å².